The van der Waals surface area contributed by atoms with Gasteiger partial charge in [0, 0.05) is 42.0 Å². The van der Waals surface area contributed by atoms with E-state index in [0.29, 0.717) is 12.0 Å². The van der Waals surface area contributed by atoms with Gasteiger partial charge in [0.15, 0.2) is 5.78 Å². The zero-order chi connectivity index (χ0) is 18.0. The Morgan fingerprint density at radius 1 is 1.24 bits per heavy atom. The number of allylic oxidation sites excluding steroid dienone is 1. The molecule has 0 unspecified atom stereocenters. The summed E-state index contributed by atoms with van der Waals surface area (Å²) in [5, 5.41) is 4.46. The molecule has 0 aliphatic carbocycles. The summed E-state index contributed by atoms with van der Waals surface area (Å²) in [5.74, 6) is 0.0974. The largest absolute Gasteiger partial charge is 0.312 e. The lowest BCUT2D eigenvalue weighted by Gasteiger charge is -2.15. The summed E-state index contributed by atoms with van der Waals surface area (Å²) in [7, 11) is 0. The predicted molar refractivity (Wildman–Crippen MR) is 98.8 cm³/mol. The first-order valence-electron chi connectivity index (χ1n) is 8.68. The minimum atomic E-state index is -0.0534. The molecule has 0 atom stereocenters. The molecule has 5 nitrogen and oxygen atoms in total. The Hall–Kier alpha value is -2.69. The number of carbonyl (C=O) groups is 2. The van der Waals surface area contributed by atoms with Gasteiger partial charge < -0.3 is 4.90 Å². The molecule has 1 saturated heterocycles. The van der Waals surface area contributed by atoms with Crippen molar-refractivity contribution in [2.75, 3.05) is 11.4 Å². The molecule has 1 aliphatic heterocycles. The van der Waals surface area contributed by atoms with Gasteiger partial charge in [-0.1, -0.05) is 0 Å². The number of benzene rings is 1. The van der Waals surface area contributed by atoms with Gasteiger partial charge in [0.25, 0.3) is 0 Å². The van der Waals surface area contributed by atoms with E-state index in [9.17, 15) is 9.59 Å². The summed E-state index contributed by atoms with van der Waals surface area (Å²) in [6, 6.07) is 7.25. The summed E-state index contributed by atoms with van der Waals surface area (Å²) in [5.41, 5.74) is 4.46. The maximum atomic E-state index is 12.4. The third-order valence-corrected chi connectivity index (χ3v) is 4.68. The Balaban J connectivity index is 1.75. The summed E-state index contributed by atoms with van der Waals surface area (Å²) in [6.07, 6.45) is 4.93. The number of ketones is 1. The van der Waals surface area contributed by atoms with Crippen LogP contribution in [0.15, 0.2) is 30.3 Å². The van der Waals surface area contributed by atoms with Gasteiger partial charge in [0.05, 0.1) is 5.69 Å². The fourth-order valence-corrected chi connectivity index (χ4v) is 3.24. The third-order valence-electron chi connectivity index (χ3n) is 4.68. The van der Waals surface area contributed by atoms with Crippen LogP contribution in [-0.4, -0.2) is 28.0 Å². The molecule has 1 amide bonds. The van der Waals surface area contributed by atoms with Crippen LogP contribution in [0.4, 0.5) is 5.69 Å². The molecular weight excluding hydrogens is 314 g/mol. The molecule has 2 heterocycles. The van der Waals surface area contributed by atoms with Crippen LogP contribution in [0.1, 0.15) is 47.1 Å². The van der Waals surface area contributed by atoms with Crippen LogP contribution in [0, 0.1) is 13.8 Å². The van der Waals surface area contributed by atoms with E-state index in [0.717, 1.165) is 42.1 Å². The SMILES string of the molecule is CCn1nc(C)c(C=CC(=O)c2ccc(N3CCCC3=O)cc2)c1C. The van der Waals surface area contributed by atoms with Gasteiger partial charge in [-0.2, -0.15) is 5.10 Å². The second-order valence-corrected chi connectivity index (χ2v) is 6.29. The number of anilines is 1. The molecule has 1 aromatic heterocycles. The first-order chi connectivity index (χ1) is 12.0. The Kier molecular flexibility index (Phi) is 4.83. The molecule has 25 heavy (non-hydrogen) atoms. The van der Waals surface area contributed by atoms with Gasteiger partial charge in [-0.3, -0.25) is 14.3 Å². The topological polar surface area (TPSA) is 55.2 Å². The van der Waals surface area contributed by atoms with Crippen molar-refractivity contribution in [1.29, 1.82) is 0 Å². The summed E-state index contributed by atoms with van der Waals surface area (Å²) >= 11 is 0. The molecule has 0 bridgehead atoms. The van der Waals surface area contributed by atoms with Crippen LogP contribution >= 0.6 is 0 Å². The highest BCUT2D eigenvalue weighted by atomic mass is 16.2. The van der Waals surface area contributed by atoms with E-state index in [1.807, 2.05) is 43.7 Å². The zero-order valence-corrected chi connectivity index (χ0v) is 15.0. The van der Waals surface area contributed by atoms with Gasteiger partial charge in [-0.25, -0.2) is 0 Å². The molecule has 1 aliphatic rings. The van der Waals surface area contributed by atoms with Crippen molar-refractivity contribution in [3.8, 4) is 0 Å². The number of rotatable bonds is 5. The first-order valence-corrected chi connectivity index (χ1v) is 8.68. The highest BCUT2D eigenvalue weighted by Gasteiger charge is 2.21. The summed E-state index contributed by atoms with van der Waals surface area (Å²) < 4.78 is 1.93. The lowest BCUT2D eigenvalue weighted by Crippen LogP contribution is -2.23. The van der Waals surface area contributed by atoms with Gasteiger partial charge in [0.1, 0.15) is 0 Å². The van der Waals surface area contributed by atoms with E-state index >= 15 is 0 Å². The van der Waals surface area contributed by atoms with Gasteiger partial charge in [0.2, 0.25) is 5.91 Å². The molecule has 0 saturated carbocycles. The molecule has 0 radical (unpaired) electrons. The smallest absolute Gasteiger partial charge is 0.227 e. The number of aromatic nitrogens is 2. The molecule has 1 aromatic carbocycles. The molecule has 3 rings (SSSR count). The monoisotopic (exact) mass is 337 g/mol. The highest BCUT2D eigenvalue weighted by molar-refractivity contribution is 6.07. The van der Waals surface area contributed by atoms with Crippen molar-refractivity contribution in [3.63, 3.8) is 0 Å². The van der Waals surface area contributed by atoms with E-state index in [2.05, 4.69) is 5.10 Å². The number of aryl methyl sites for hydroxylation is 2. The molecule has 1 fully saturated rings. The first kappa shape index (κ1) is 17.1. The van der Waals surface area contributed by atoms with Gasteiger partial charge in [-0.15, -0.1) is 0 Å². The Labute approximate surface area is 147 Å². The predicted octanol–water partition coefficient (Wildman–Crippen LogP) is 3.54. The molecule has 0 N–H and O–H groups in total. The maximum Gasteiger partial charge on any atom is 0.227 e. The van der Waals surface area contributed by atoms with Crippen LogP contribution in [0.2, 0.25) is 0 Å². The van der Waals surface area contributed by atoms with Crippen LogP contribution in [0.5, 0.6) is 0 Å². The number of hydrogen-bond acceptors (Lipinski definition) is 3. The summed E-state index contributed by atoms with van der Waals surface area (Å²) in [4.78, 5) is 26.0. The lowest BCUT2D eigenvalue weighted by atomic mass is 10.1. The van der Waals surface area contributed by atoms with Gasteiger partial charge >= 0.3 is 0 Å². The van der Waals surface area contributed by atoms with E-state index in [1.165, 1.54) is 0 Å². The minimum absolute atomic E-state index is 0.0534. The number of hydrogen-bond donors (Lipinski definition) is 0. The molecule has 2 aromatic rings. The number of carbonyl (C=O) groups excluding carboxylic acids is 2. The lowest BCUT2D eigenvalue weighted by molar-refractivity contribution is -0.117. The van der Waals surface area contributed by atoms with E-state index in [4.69, 9.17) is 0 Å². The van der Waals surface area contributed by atoms with Crippen molar-refractivity contribution < 1.29 is 9.59 Å². The number of amides is 1. The van der Waals surface area contributed by atoms with E-state index in [-0.39, 0.29) is 11.7 Å². The second kappa shape index (κ2) is 7.05. The molecular formula is C20H23N3O2. The van der Waals surface area contributed by atoms with Crippen LogP contribution in [-0.2, 0) is 11.3 Å². The van der Waals surface area contributed by atoms with Crippen LogP contribution in [0.3, 0.4) is 0 Å². The van der Waals surface area contributed by atoms with Crippen molar-refractivity contribution in [1.82, 2.24) is 9.78 Å². The quantitative estimate of drug-likeness (QED) is 0.619. The normalized spacial score (nSPS) is 14.7. The van der Waals surface area contributed by atoms with Crippen molar-refractivity contribution in [2.45, 2.75) is 40.2 Å². The molecule has 130 valence electrons. The molecule has 5 heteroatoms. The Morgan fingerprint density at radius 3 is 2.52 bits per heavy atom. The van der Waals surface area contributed by atoms with Crippen LogP contribution in [0.25, 0.3) is 6.08 Å². The fraction of sp³-hybridized carbons (Fsp3) is 0.350. The van der Waals surface area contributed by atoms with Crippen LogP contribution < -0.4 is 4.90 Å². The number of nitrogens with zero attached hydrogens (tertiary/aromatic N) is 3. The van der Waals surface area contributed by atoms with E-state index in [1.54, 1.807) is 23.1 Å². The zero-order valence-electron chi connectivity index (χ0n) is 15.0. The Morgan fingerprint density at radius 2 is 1.96 bits per heavy atom. The average molecular weight is 337 g/mol. The minimum Gasteiger partial charge on any atom is -0.312 e. The highest BCUT2D eigenvalue weighted by Crippen LogP contribution is 2.22. The summed E-state index contributed by atoms with van der Waals surface area (Å²) in [6.45, 7) is 7.57. The van der Waals surface area contributed by atoms with Crippen molar-refractivity contribution in [3.05, 3.63) is 52.9 Å². The fourth-order valence-electron chi connectivity index (χ4n) is 3.24. The maximum absolute atomic E-state index is 12.4. The van der Waals surface area contributed by atoms with Crippen molar-refractivity contribution in [2.24, 2.45) is 0 Å². The Bertz CT molecular complexity index is 831. The molecule has 0 spiro atoms. The van der Waals surface area contributed by atoms with E-state index < -0.39 is 0 Å². The second-order valence-electron chi connectivity index (χ2n) is 6.29. The average Bonchev–Trinajstić information content (AvgIpc) is 3.16. The standard InChI is InChI=1S/C20H23N3O2/c1-4-23-15(3)18(14(2)21-23)11-12-19(24)16-7-9-17(10-8-16)22-13-5-6-20(22)25/h7-12H,4-6,13H2,1-3H3. The van der Waals surface area contributed by atoms with Gasteiger partial charge in [-0.05, 0) is 63.6 Å². The third kappa shape index (κ3) is 3.40. The van der Waals surface area contributed by atoms with Crippen molar-refractivity contribution >= 4 is 23.5 Å².